The van der Waals surface area contributed by atoms with Gasteiger partial charge in [0.1, 0.15) is 4.90 Å². The topological polar surface area (TPSA) is 63.4 Å². The highest BCUT2D eigenvalue weighted by Crippen LogP contribution is 2.26. The van der Waals surface area contributed by atoms with Gasteiger partial charge in [-0.15, -0.1) is 12.4 Å². The number of halogens is 3. The van der Waals surface area contributed by atoms with E-state index in [1.165, 1.54) is 22.5 Å². The Morgan fingerprint density at radius 3 is 2.74 bits per heavy atom. The minimum atomic E-state index is -3.85. The van der Waals surface area contributed by atoms with E-state index in [0.717, 1.165) is 6.42 Å². The van der Waals surface area contributed by atoms with E-state index in [1.807, 2.05) is 0 Å². The second-order valence-corrected chi connectivity index (χ2v) is 6.63. The van der Waals surface area contributed by atoms with Crippen molar-refractivity contribution in [3.05, 3.63) is 29.0 Å². The van der Waals surface area contributed by atoms with Crippen molar-refractivity contribution in [2.45, 2.75) is 23.8 Å². The molecule has 0 aromatic heterocycles. The zero-order valence-electron chi connectivity index (χ0n) is 10.1. The third-order valence-corrected chi connectivity index (χ3v) is 5.13. The Hall–Kier alpha value is -0.400. The lowest BCUT2D eigenvalue weighted by Crippen LogP contribution is -2.45. The summed E-state index contributed by atoms with van der Waals surface area (Å²) in [4.78, 5) is -0.385. The first kappa shape index (κ1) is 16.7. The fraction of sp³-hybridized carbons (Fsp3) is 0.455. The van der Waals surface area contributed by atoms with Crippen LogP contribution in [0, 0.1) is 5.82 Å². The molecule has 108 valence electrons. The van der Waals surface area contributed by atoms with Gasteiger partial charge in [0.2, 0.25) is 10.0 Å². The van der Waals surface area contributed by atoms with Crippen LogP contribution in [0.2, 0.25) is 5.02 Å². The van der Waals surface area contributed by atoms with Crippen molar-refractivity contribution in [1.82, 2.24) is 4.31 Å². The van der Waals surface area contributed by atoms with Crippen molar-refractivity contribution in [2.75, 3.05) is 13.1 Å². The molecular formula is C11H15Cl2FN2O2S. The molecule has 1 atom stereocenters. The predicted octanol–water partition coefficient (Wildman–Crippen LogP) is 2.01. The number of piperidine rings is 1. The van der Waals surface area contributed by atoms with Crippen LogP contribution < -0.4 is 5.73 Å². The monoisotopic (exact) mass is 328 g/mol. The van der Waals surface area contributed by atoms with Crippen LogP contribution in [0.5, 0.6) is 0 Å². The zero-order valence-corrected chi connectivity index (χ0v) is 12.4. The Balaban J connectivity index is 0.00000180. The molecule has 1 saturated heterocycles. The summed E-state index contributed by atoms with van der Waals surface area (Å²) in [6.07, 6.45) is 1.46. The van der Waals surface area contributed by atoms with Crippen LogP contribution in [0.4, 0.5) is 4.39 Å². The van der Waals surface area contributed by atoms with Gasteiger partial charge < -0.3 is 5.73 Å². The normalized spacial score (nSPS) is 20.9. The molecule has 4 nitrogen and oxygen atoms in total. The molecule has 0 amide bonds. The number of hydrogen-bond acceptors (Lipinski definition) is 3. The van der Waals surface area contributed by atoms with E-state index in [-0.39, 0.29) is 34.9 Å². The third kappa shape index (κ3) is 3.38. The molecule has 8 heteroatoms. The summed E-state index contributed by atoms with van der Waals surface area (Å²) in [5, 5.41) is -0.197. The van der Waals surface area contributed by atoms with Crippen LogP contribution >= 0.6 is 24.0 Å². The lowest BCUT2D eigenvalue weighted by molar-refractivity contribution is 0.315. The molecule has 2 N–H and O–H groups in total. The Morgan fingerprint density at radius 2 is 2.11 bits per heavy atom. The number of nitrogens with two attached hydrogens (primary N) is 1. The molecule has 0 aliphatic carbocycles. The largest absolute Gasteiger partial charge is 0.327 e. The molecule has 0 radical (unpaired) electrons. The zero-order chi connectivity index (χ0) is 13.3. The predicted molar refractivity (Wildman–Crippen MR) is 74.6 cm³/mol. The van der Waals surface area contributed by atoms with Crippen molar-refractivity contribution in [1.29, 1.82) is 0 Å². The minimum Gasteiger partial charge on any atom is -0.327 e. The van der Waals surface area contributed by atoms with Gasteiger partial charge in [-0.3, -0.25) is 0 Å². The quantitative estimate of drug-likeness (QED) is 0.903. The van der Waals surface area contributed by atoms with Crippen molar-refractivity contribution < 1.29 is 12.8 Å². The molecule has 0 saturated carbocycles. The van der Waals surface area contributed by atoms with Gasteiger partial charge in [0.25, 0.3) is 0 Å². The van der Waals surface area contributed by atoms with Gasteiger partial charge in [0.15, 0.2) is 5.82 Å². The molecule has 1 fully saturated rings. The van der Waals surface area contributed by atoms with Crippen LogP contribution in [0.3, 0.4) is 0 Å². The Bertz CT molecular complexity index is 554. The average Bonchev–Trinajstić information content (AvgIpc) is 2.32. The van der Waals surface area contributed by atoms with Crippen molar-refractivity contribution in [3.63, 3.8) is 0 Å². The highest BCUT2D eigenvalue weighted by Gasteiger charge is 2.31. The van der Waals surface area contributed by atoms with Crippen LogP contribution in [-0.2, 0) is 10.0 Å². The van der Waals surface area contributed by atoms with Crippen molar-refractivity contribution in [3.8, 4) is 0 Å². The van der Waals surface area contributed by atoms with Gasteiger partial charge in [-0.05, 0) is 25.0 Å². The minimum absolute atomic E-state index is 0. The fourth-order valence-electron chi connectivity index (χ4n) is 2.01. The summed E-state index contributed by atoms with van der Waals surface area (Å²) in [7, 11) is -3.85. The maximum Gasteiger partial charge on any atom is 0.246 e. The Morgan fingerprint density at radius 1 is 1.42 bits per heavy atom. The summed E-state index contributed by atoms with van der Waals surface area (Å²) < 4.78 is 39.6. The van der Waals surface area contributed by atoms with Gasteiger partial charge in [0, 0.05) is 19.1 Å². The molecule has 1 aliphatic rings. The third-order valence-electron chi connectivity index (χ3n) is 2.95. The molecule has 1 aromatic carbocycles. The standard InChI is InChI=1S/C11H14ClFN2O2S.ClH/c12-9-4-1-5-10(11(9)13)18(16,17)15-6-2-3-8(14)7-15;/h1,4-5,8H,2-3,6-7,14H2;1H/t8-;/m1./s1. The van der Waals surface area contributed by atoms with Gasteiger partial charge in [-0.1, -0.05) is 17.7 Å². The van der Waals surface area contributed by atoms with Crippen LogP contribution in [0.25, 0.3) is 0 Å². The molecule has 1 aromatic rings. The molecular weight excluding hydrogens is 314 g/mol. The van der Waals surface area contributed by atoms with E-state index in [4.69, 9.17) is 17.3 Å². The van der Waals surface area contributed by atoms with Crippen molar-refractivity contribution >= 4 is 34.0 Å². The molecule has 0 spiro atoms. The van der Waals surface area contributed by atoms with E-state index in [2.05, 4.69) is 0 Å². The summed E-state index contributed by atoms with van der Waals surface area (Å²) in [6.45, 7) is 0.580. The first-order valence-corrected chi connectivity index (χ1v) is 7.44. The highest BCUT2D eigenvalue weighted by atomic mass is 35.5. The lowest BCUT2D eigenvalue weighted by Gasteiger charge is -2.29. The second kappa shape index (κ2) is 6.37. The molecule has 19 heavy (non-hydrogen) atoms. The van der Waals surface area contributed by atoms with Crippen molar-refractivity contribution in [2.24, 2.45) is 5.73 Å². The van der Waals surface area contributed by atoms with E-state index >= 15 is 0 Å². The Labute approximate surface area is 123 Å². The molecule has 2 rings (SSSR count). The number of nitrogens with zero attached hydrogens (tertiary/aromatic N) is 1. The van der Waals surface area contributed by atoms with E-state index in [0.29, 0.717) is 13.0 Å². The SMILES string of the molecule is Cl.N[C@@H]1CCCN(S(=O)(=O)c2cccc(Cl)c2F)C1. The van der Waals surface area contributed by atoms with Crippen LogP contribution in [-0.4, -0.2) is 31.9 Å². The highest BCUT2D eigenvalue weighted by molar-refractivity contribution is 7.89. The molecule has 0 unspecified atom stereocenters. The van der Waals surface area contributed by atoms with Gasteiger partial charge in [-0.2, -0.15) is 4.31 Å². The number of hydrogen-bond donors (Lipinski definition) is 1. The number of benzene rings is 1. The first-order chi connectivity index (χ1) is 8.43. The Kier molecular flexibility index (Phi) is 5.58. The average molecular weight is 329 g/mol. The van der Waals surface area contributed by atoms with Crippen LogP contribution in [0.15, 0.2) is 23.1 Å². The summed E-state index contributed by atoms with van der Waals surface area (Å²) in [5.41, 5.74) is 5.74. The summed E-state index contributed by atoms with van der Waals surface area (Å²) >= 11 is 5.60. The van der Waals surface area contributed by atoms with E-state index in [9.17, 15) is 12.8 Å². The molecule has 0 bridgehead atoms. The number of sulfonamides is 1. The maximum absolute atomic E-state index is 13.8. The fourth-order valence-corrected chi connectivity index (χ4v) is 3.87. The smallest absolute Gasteiger partial charge is 0.246 e. The first-order valence-electron chi connectivity index (χ1n) is 5.62. The summed E-state index contributed by atoms with van der Waals surface area (Å²) in [6, 6.07) is 3.76. The van der Waals surface area contributed by atoms with Crippen LogP contribution in [0.1, 0.15) is 12.8 Å². The van der Waals surface area contributed by atoms with E-state index in [1.54, 1.807) is 0 Å². The second-order valence-electron chi connectivity index (χ2n) is 4.32. The van der Waals surface area contributed by atoms with Gasteiger partial charge >= 0.3 is 0 Å². The summed E-state index contributed by atoms with van der Waals surface area (Å²) in [5.74, 6) is -0.904. The molecule has 1 aliphatic heterocycles. The van der Waals surface area contributed by atoms with E-state index < -0.39 is 15.8 Å². The number of rotatable bonds is 2. The van der Waals surface area contributed by atoms with Gasteiger partial charge in [0.05, 0.1) is 5.02 Å². The molecule has 1 heterocycles. The maximum atomic E-state index is 13.8. The lowest BCUT2D eigenvalue weighted by atomic mass is 10.1. The van der Waals surface area contributed by atoms with Gasteiger partial charge in [-0.25, -0.2) is 12.8 Å².